The number of hydrogen-bond donors (Lipinski definition) is 0. The maximum absolute atomic E-state index is 12.8. The van der Waals surface area contributed by atoms with Crippen molar-refractivity contribution in [1.82, 2.24) is 0 Å². The molecule has 1 amide bonds. The largest absolute Gasteiger partial charge is 0.497 e. The lowest BCUT2D eigenvalue weighted by Crippen LogP contribution is -2.34. The fourth-order valence-electron chi connectivity index (χ4n) is 2.88. The van der Waals surface area contributed by atoms with Crippen LogP contribution in [-0.2, 0) is 27.3 Å². The highest BCUT2D eigenvalue weighted by atomic mass is 16.5. The van der Waals surface area contributed by atoms with Crippen LogP contribution in [0.25, 0.3) is 0 Å². The predicted molar refractivity (Wildman–Crippen MR) is 112 cm³/mol. The van der Waals surface area contributed by atoms with Gasteiger partial charge in [0, 0.05) is 5.69 Å². The Morgan fingerprint density at radius 3 is 2.03 bits per heavy atom. The van der Waals surface area contributed by atoms with Gasteiger partial charge >= 0.3 is 5.97 Å². The van der Waals surface area contributed by atoms with Crippen molar-refractivity contribution >= 4 is 17.6 Å². The van der Waals surface area contributed by atoms with Crippen LogP contribution < -0.4 is 9.64 Å². The number of esters is 1. The number of ether oxygens (including phenoxy) is 2. The first-order valence-corrected chi connectivity index (χ1v) is 9.33. The van der Waals surface area contributed by atoms with Crippen LogP contribution in [0.1, 0.15) is 11.1 Å². The van der Waals surface area contributed by atoms with Gasteiger partial charge < -0.3 is 14.4 Å². The SMILES string of the molecule is COc1ccc(CC(=O)OCC(=O)N(Cc2ccccc2)c2ccccc2)cc1. The van der Waals surface area contributed by atoms with E-state index in [0.29, 0.717) is 6.54 Å². The van der Waals surface area contributed by atoms with E-state index < -0.39 is 5.97 Å². The Kier molecular flexibility index (Phi) is 7.00. The maximum Gasteiger partial charge on any atom is 0.310 e. The number of benzene rings is 3. The molecule has 0 N–H and O–H groups in total. The van der Waals surface area contributed by atoms with Gasteiger partial charge in [-0.25, -0.2) is 0 Å². The van der Waals surface area contributed by atoms with Crippen LogP contribution in [0.5, 0.6) is 5.75 Å². The van der Waals surface area contributed by atoms with Crippen LogP contribution >= 0.6 is 0 Å². The lowest BCUT2D eigenvalue weighted by atomic mass is 10.1. The molecule has 3 aromatic rings. The molecule has 0 bridgehead atoms. The second-order valence-corrected chi connectivity index (χ2v) is 6.49. The Balaban J connectivity index is 1.62. The number of carbonyl (C=O) groups is 2. The fourth-order valence-corrected chi connectivity index (χ4v) is 2.88. The third-order valence-electron chi connectivity index (χ3n) is 4.42. The average Bonchev–Trinajstić information content (AvgIpc) is 2.77. The van der Waals surface area contributed by atoms with Gasteiger partial charge in [0.15, 0.2) is 6.61 Å². The number of rotatable bonds is 8. The lowest BCUT2D eigenvalue weighted by Gasteiger charge is -2.23. The van der Waals surface area contributed by atoms with Gasteiger partial charge in [-0.3, -0.25) is 9.59 Å². The molecule has 0 saturated carbocycles. The van der Waals surface area contributed by atoms with Gasteiger partial charge in [-0.2, -0.15) is 0 Å². The van der Waals surface area contributed by atoms with E-state index in [9.17, 15) is 9.59 Å². The van der Waals surface area contributed by atoms with Crippen LogP contribution in [0.2, 0.25) is 0 Å². The van der Waals surface area contributed by atoms with Crippen molar-refractivity contribution in [3.63, 3.8) is 0 Å². The van der Waals surface area contributed by atoms with Crippen molar-refractivity contribution < 1.29 is 19.1 Å². The molecule has 148 valence electrons. The van der Waals surface area contributed by atoms with E-state index >= 15 is 0 Å². The molecule has 0 aliphatic heterocycles. The molecule has 0 atom stereocenters. The highest BCUT2D eigenvalue weighted by Gasteiger charge is 2.18. The van der Waals surface area contributed by atoms with E-state index in [0.717, 1.165) is 22.6 Å². The highest BCUT2D eigenvalue weighted by Crippen LogP contribution is 2.17. The molecule has 0 aliphatic carbocycles. The van der Waals surface area contributed by atoms with Crippen LogP contribution in [-0.4, -0.2) is 25.6 Å². The molecular weight excluding hydrogens is 366 g/mol. The summed E-state index contributed by atoms with van der Waals surface area (Å²) in [6, 6.07) is 26.2. The monoisotopic (exact) mass is 389 g/mol. The Bertz CT molecular complexity index is 924. The number of methoxy groups -OCH3 is 1. The van der Waals surface area contributed by atoms with Gasteiger partial charge in [-0.15, -0.1) is 0 Å². The number of nitrogens with zero attached hydrogens (tertiary/aromatic N) is 1. The Morgan fingerprint density at radius 2 is 1.41 bits per heavy atom. The van der Waals surface area contributed by atoms with Crippen LogP contribution in [0.15, 0.2) is 84.9 Å². The van der Waals surface area contributed by atoms with E-state index in [1.165, 1.54) is 0 Å². The predicted octanol–water partition coefficient (Wildman–Crippen LogP) is 4.01. The molecule has 0 fully saturated rings. The standard InChI is InChI=1S/C24H23NO4/c1-28-22-14-12-19(13-15-22)16-24(27)29-18-23(26)25(21-10-6-3-7-11-21)17-20-8-4-2-5-9-20/h2-15H,16-18H2,1H3. The molecule has 5 heteroatoms. The van der Waals surface area contributed by atoms with Gasteiger partial charge in [-0.05, 0) is 35.4 Å². The van der Waals surface area contributed by atoms with Gasteiger partial charge in [0.2, 0.25) is 0 Å². The summed E-state index contributed by atoms with van der Waals surface area (Å²) in [6.45, 7) is 0.0937. The van der Waals surface area contributed by atoms with Crippen LogP contribution in [0.3, 0.4) is 0 Å². The van der Waals surface area contributed by atoms with Gasteiger partial charge in [0.1, 0.15) is 5.75 Å². The Labute approximate surface area is 170 Å². The summed E-state index contributed by atoms with van der Waals surface area (Å²) >= 11 is 0. The summed E-state index contributed by atoms with van der Waals surface area (Å²) in [5.74, 6) is -0.00363. The molecule has 0 aliphatic rings. The average molecular weight is 389 g/mol. The number of para-hydroxylation sites is 1. The number of anilines is 1. The zero-order valence-corrected chi connectivity index (χ0v) is 16.3. The maximum atomic E-state index is 12.8. The molecule has 3 rings (SSSR count). The van der Waals surface area contributed by atoms with Gasteiger partial charge in [-0.1, -0.05) is 60.7 Å². The Hall–Kier alpha value is -3.60. The van der Waals surface area contributed by atoms with Crippen molar-refractivity contribution in [2.45, 2.75) is 13.0 Å². The third-order valence-corrected chi connectivity index (χ3v) is 4.42. The molecule has 0 radical (unpaired) electrons. The van der Waals surface area contributed by atoms with Crippen LogP contribution in [0, 0.1) is 0 Å². The van der Waals surface area contributed by atoms with E-state index in [1.54, 1.807) is 36.3 Å². The molecular formula is C24H23NO4. The van der Waals surface area contributed by atoms with Crippen LogP contribution in [0.4, 0.5) is 5.69 Å². The second-order valence-electron chi connectivity index (χ2n) is 6.49. The smallest absolute Gasteiger partial charge is 0.310 e. The van der Waals surface area contributed by atoms with E-state index in [2.05, 4.69) is 0 Å². The number of amides is 1. The zero-order valence-electron chi connectivity index (χ0n) is 16.3. The molecule has 3 aromatic carbocycles. The molecule has 0 heterocycles. The van der Waals surface area contributed by atoms with Crippen molar-refractivity contribution in [2.75, 3.05) is 18.6 Å². The molecule has 0 unspecified atom stereocenters. The first kappa shape index (κ1) is 20.1. The topological polar surface area (TPSA) is 55.8 Å². The molecule has 29 heavy (non-hydrogen) atoms. The minimum absolute atomic E-state index is 0.0985. The van der Waals surface area contributed by atoms with Crippen molar-refractivity contribution in [1.29, 1.82) is 0 Å². The van der Waals surface area contributed by atoms with E-state index in [1.807, 2.05) is 60.7 Å². The summed E-state index contributed by atoms with van der Waals surface area (Å²) in [5, 5.41) is 0. The zero-order chi connectivity index (χ0) is 20.5. The summed E-state index contributed by atoms with van der Waals surface area (Å²) in [7, 11) is 1.59. The third kappa shape index (κ3) is 5.94. The number of carbonyl (C=O) groups excluding carboxylic acids is 2. The summed E-state index contributed by atoms with van der Waals surface area (Å²) in [5.41, 5.74) is 2.55. The Morgan fingerprint density at radius 1 is 0.793 bits per heavy atom. The summed E-state index contributed by atoms with van der Waals surface area (Å²) in [6.07, 6.45) is 0.0985. The normalized spacial score (nSPS) is 10.2. The molecule has 0 spiro atoms. The molecule has 5 nitrogen and oxygen atoms in total. The highest BCUT2D eigenvalue weighted by molar-refractivity contribution is 5.95. The van der Waals surface area contributed by atoms with Crippen molar-refractivity contribution in [2.24, 2.45) is 0 Å². The van der Waals surface area contributed by atoms with Gasteiger partial charge in [0.25, 0.3) is 5.91 Å². The first-order chi connectivity index (χ1) is 14.2. The van der Waals surface area contributed by atoms with Crippen molar-refractivity contribution in [3.05, 3.63) is 96.1 Å². The lowest BCUT2D eigenvalue weighted by molar-refractivity contribution is -0.147. The van der Waals surface area contributed by atoms with Crippen molar-refractivity contribution in [3.8, 4) is 5.75 Å². The summed E-state index contributed by atoms with van der Waals surface area (Å²) in [4.78, 5) is 26.6. The number of hydrogen-bond acceptors (Lipinski definition) is 4. The van der Waals surface area contributed by atoms with E-state index in [4.69, 9.17) is 9.47 Å². The minimum Gasteiger partial charge on any atom is -0.497 e. The molecule has 0 aromatic heterocycles. The fraction of sp³-hybridized carbons (Fsp3) is 0.167. The second kappa shape index (κ2) is 10.1. The molecule has 0 saturated heterocycles. The van der Waals surface area contributed by atoms with Gasteiger partial charge in [0.05, 0.1) is 20.1 Å². The summed E-state index contributed by atoms with van der Waals surface area (Å²) < 4.78 is 10.3. The first-order valence-electron chi connectivity index (χ1n) is 9.33. The quantitative estimate of drug-likeness (QED) is 0.546. The van der Waals surface area contributed by atoms with E-state index in [-0.39, 0.29) is 18.9 Å². The minimum atomic E-state index is -0.448.